The third kappa shape index (κ3) is 4.63. The minimum atomic E-state index is -1.12. The molecular weight excluding hydrogens is 382 g/mol. The van der Waals surface area contributed by atoms with Crippen LogP contribution in [0.4, 0.5) is 5.69 Å². The average Bonchev–Trinajstić information content (AvgIpc) is 3.26. The number of rotatable bonds is 7. The molecule has 0 aliphatic carbocycles. The summed E-state index contributed by atoms with van der Waals surface area (Å²) in [5.74, 6) is 1.55. The van der Waals surface area contributed by atoms with Gasteiger partial charge in [0.15, 0.2) is 11.5 Å². The van der Waals surface area contributed by atoms with Gasteiger partial charge in [-0.1, -0.05) is 31.8 Å². The molecule has 7 heteroatoms. The van der Waals surface area contributed by atoms with Crippen LogP contribution in [0.1, 0.15) is 11.3 Å². The molecule has 2 heterocycles. The number of nitrogens with two attached hydrogens (primary N) is 1. The monoisotopic (exact) mass is 409 g/mol. The molecule has 1 aromatic heterocycles. The molecule has 152 valence electrons. The predicted octanol–water partition coefficient (Wildman–Crippen LogP) is 4.83. The second-order valence-electron chi connectivity index (χ2n) is 8.46. The van der Waals surface area contributed by atoms with Crippen LogP contribution in [0.2, 0.25) is 25.7 Å². The Kier molecular flexibility index (Phi) is 5.34. The fourth-order valence-corrected chi connectivity index (χ4v) is 3.92. The van der Waals surface area contributed by atoms with E-state index in [1.807, 2.05) is 53.2 Å². The van der Waals surface area contributed by atoms with Crippen LogP contribution >= 0.6 is 0 Å². The lowest BCUT2D eigenvalue weighted by Crippen LogP contribution is -2.22. The van der Waals surface area contributed by atoms with Gasteiger partial charge in [-0.05, 0) is 48.0 Å². The molecule has 0 radical (unpaired) electrons. The second-order valence-corrected chi connectivity index (χ2v) is 14.1. The van der Waals surface area contributed by atoms with Crippen molar-refractivity contribution in [2.24, 2.45) is 0 Å². The quantitative estimate of drug-likeness (QED) is 0.344. The zero-order valence-corrected chi connectivity index (χ0v) is 18.1. The van der Waals surface area contributed by atoms with Crippen LogP contribution < -0.4 is 15.2 Å². The predicted molar refractivity (Wildman–Crippen MR) is 120 cm³/mol. The van der Waals surface area contributed by atoms with Crippen LogP contribution in [0.3, 0.4) is 0 Å². The van der Waals surface area contributed by atoms with Gasteiger partial charge in [-0.25, -0.2) is 4.68 Å². The minimum absolute atomic E-state index is 0.274. The first-order valence-electron chi connectivity index (χ1n) is 9.81. The number of hydrogen-bond acceptors (Lipinski definition) is 5. The van der Waals surface area contributed by atoms with Crippen LogP contribution in [-0.2, 0) is 11.5 Å². The van der Waals surface area contributed by atoms with E-state index in [0.29, 0.717) is 12.4 Å². The maximum atomic E-state index is 6.01. The van der Waals surface area contributed by atoms with E-state index in [4.69, 9.17) is 25.0 Å². The van der Waals surface area contributed by atoms with Crippen molar-refractivity contribution in [1.29, 1.82) is 0 Å². The fraction of sp³-hybridized carbons (Fsp3) is 0.318. The number of ether oxygens (including phenoxy) is 3. The molecule has 3 aromatic rings. The zero-order chi connectivity index (χ0) is 20.4. The molecule has 1 aliphatic rings. The number of nitrogen functional groups attached to an aromatic ring is 1. The van der Waals surface area contributed by atoms with Gasteiger partial charge in [0.25, 0.3) is 0 Å². The average molecular weight is 410 g/mol. The van der Waals surface area contributed by atoms with E-state index < -0.39 is 8.07 Å². The summed E-state index contributed by atoms with van der Waals surface area (Å²) in [6.07, 6.45) is 4.03. The van der Waals surface area contributed by atoms with E-state index in [2.05, 4.69) is 19.6 Å². The van der Waals surface area contributed by atoms with Gasteiger partial charge >= 0.3 is 0 Å². The minimum Gasteiger partial charge on any atom is -0.454 e. The van der Waals surface area contributed by atoms with Gasteiger partial charge in [-0.2, -0.15) is 5.10 Å². The van der Waals surface area contributed by atoms with Gasteiger partial charge in [0.05, 0.1) is 11.2 Å². The molecule has 0 saturated heterocycles. The molecule has 2 aromatic carbocycles. The first-order chi connectivity index (χ1) is 13.9. The lowest BCUT2D eigenvalue weighted by Gasteiger charge is -2.15. The molecule has 0 bridgehead atoms. The Balaban J connectivity index is 1.56. The number of benzene rings is 2. The Bertz CT molecular complexity index is 1050. The van der Waals surface area contributed by atoms with Gasteiger partial charge in [0.2, 0.25) is 6.79 Å². The molecule has 1 aliphatic heterocycles. The van der Waals surface area contributed by atoms with Crippen LogP contribution in [0.15, 0.2) is 36.4 Å². The molecule has 29 heavy (non-hydrogen) atoms. The summed E-state index contributed by atoms with van der Waals surface area (Å²) in [5, 5.41) is 5.80. The Morgan fingerprint density at radius 2 is 1.93 bits per heavy atom. The highest BCUT2D eigenvalue weighted by Gasteiger charge is 2.14. The zero-order valence-electron chi connectivity index (χ0n) is 17.1. The molecular formula is C22H27N3O3Si. The lowest BCUT2D eigenvalue weighted by molar-refractivity contribution is 0.0816. The molecule has 0 spiro atoms. The Hall–Kier alpha value is -2.77. The third-order valence-corrected chi connectivity index (χ3v) is 6.55. The number of aromatic nitrogens is 2. The summed E-state index contributed by atoms with van der Waals surface area (Å²) in [4.78, 5) is 0. The van der Waals surface area contributed by atoms with Crippen LogP contribution in [-0.4, -0.2) is 31.3 Å². The number of nitrogens with zero attached hydrogens (tertiary/aromatic N) is 2. The molecule has 0 atom stereocenters. The van der Waals surface area contributed by atoms with Crippen molar-refractivity contribution in [3.05, 3.63) is 47.7 Å². The van der Waals surface area contributed by atoms with E-state index in [-0.39, 0.29) is 6.79 Å². The highest BCUT2D eigenvalue weighted by Crippen LogP contribution is 2.33. The highest BCUT2D eigenvalue weighted by atomic mass is 28.3. The Morgan fingerprint density at radius 1 is 1.10 bits per heavy atom. The van der Waals surface area contributed by atoms with Gasteiger partial charge in [0.1, 0.15) is 6.73 Å². The molecule has 0 unspecified atom stereocenters. The van der Waals surface area contributed by atoms with Gasteiger partial charge in [0, 0.05) is 25.8 Å². The standard InChI is InChI=1S/C22H27N3O3Si/c1-29(2,3)11-10-26-14-25-20-13-17(23)6-7-18(20)19(24-25)8-4-16-5-9-21-22(12-16)28-15-27-21/h4-9,12-13H,10-11,14-15,23H2,1-3H3/b8-4+. The van der Waals surface area contributed by atoms with E-state index in [9.17, 15) is 0 Å². The fourth-order valence-electron chi connectivity index (χ4n) is 3.16. The van der Waals surface area contributed by atoms with E-state index in [0.717, 1.165) is 46.3 Å². The van der Waals surface area contributed by atoms with Gasteiger partial charge < -0.3 is 19.9 Å². The molecule has 2 N–H and O–H groups in total. The molecule has 0 amide bonds. The summed E-state index contributed by atoms with van der Waals surface area (Å²) in [6.45, 7) is 8.49. The highest BCUT2D eigenvalue weighted by molar-refractivity contribution is 6.76. The Labute approximate surface area is 171 Å². The molecule has 0 fully saturated rings. The summed E-state index contributed by atoms with van der Waals surface area (Å²) in [5.41, 5.74) is 9.61. The van der Waals surface area contributed by atoms with Gasteiger partial charge in [-0.15, -0.1) is 0 Å². The first kappa shape index (κ1) is 19.5. The van der Waals surface area contributed by atoms with E-state index in [1.54, 1.807) is 0 Å². The molecule has 0 saturated carbocycles. The third-order valence-electron chi connectivity index (χ3n) is 4.84. The number of hydrogen-bond donors (Lipinski definition) is 1. The second kappa shape index (κ2) is 7.92. The number of fused-ring (bicyclic) bond motifs is 2. The topological polar surface area (TPSA) is 71.5 Å². The first-order valence-corrected chi connectivity index (χ1v) is 13.5. The lowest BCUT2D eigenvalue weighted by atomic mass is 10.1. The summed E-state index contributed by atoms with van der Waals surface area (Å²) in [6, 6.07) is 12.9. The van der Waals surface area contributed by atoms with Crippen LogP contribution in [0, 0.1) is 0 Å². The van der Waals surface area contributed by atoms with Crippen molar-refractivity contribution >= 4 is 36.8 Å². The van der Waals surface area contributed by atoms with Crippen molar-refractivity contribution in [3.8, 4) is 11.5 Å². The van der Waals surface area contributed by atoms with Crippen LogP contribution in [0.25, 0.3) is 23.1 Å². The van der Waals surface area contributed by atoms with Crippen LogP contribution in [0.5, 0.6) is 11.5 Å². The van der Waals surface area contributed by atoms with Crippen molar-refractivity contribution in [2.75, 3.05) is 19.1 Å². The van der Waals surface area contributed by atoms with E-state index in [1.165, 1.54) is 0 Å². The SMILES string of the molecule is C[Si](C)(C)CCOCn1nc(/C=C/c2ccc3c(c2)OCO3)c2ccc(N)cc21. The normalized spacial score (nSPS) is 13.6. The number of anilines is 1. The van der Waals surface area contributed by atoms with Crippen molar-refractivity contribution in [1.82, 2.24) is 9.78 Å². The maximum absolute atomic E-state index is 6.01. The maximum Gasteiger partial charge on any atom is 0.231 e. The summed E-state index contributed by atoms with van der Waals surface area (Å²) >= 11 is 0. The van der Waals surface area contributed by atoms with Crippen molar-refractivity contribution in [2.45, 2.75) is 32.4 Å². The molecule has 4 rings (SSSR count). The summed E-state index contributed by atoms with van der Waals surface area (Å²) < 4.78 is 18.6. The largest absolute Gasteiger partial charge is 0.454 e. The van der Waals surface area contributed by atoms with Gasteiger partial charge in [-0.3, -0.25) is 0 Å². The van der Waals surface area contributed by atoms with Crippen molar-refractivity contribution < 1.29 is 14.2 Å². The smallest absolute Gasteiger partial charge is 0.231 e. The Morgan fingerprint density at radius 3 is 2.76 bits per heavy atom. The van der Waals surface area contributed by atoms with E-state index >= 15 is 0 Å². The molecule has 6 nitrogen and oxygen atoms in total. The summed E-state index contributed by atoms with van der Waals surface area (Å²) in [7, 11) is -1.12. The van der Waals surface area contributed by atoms with Crippen molar-refractivity contribution in [3.63, 3.8) is 0 Å².